The number of benzene rings is 2. The van der Waals surface area contributed by atoms with Gasteiger partial charge < -0.3 is 14.5 Å². The number of aryl methyl sites for hydroxylation is 2. The van der Waals surface area contributed by atoms with E-state index in [1.807, 2.05) is 14.0 Å². The van der Waals surface area contributed by atoms with Crippen molar-refractivity contribution in [2.75, 3.05) is 0 Å². The molecule has 0 aliphatic rings. The lowest BCUT2D eigenvalue weighted by Gasteiger charge is -2.19. The summed E-state index contributed by atoms with van der Waals surface area (Å²) in [6.07, 6.45) is 3.42. The smallest absolute Gasteiger partial charge is 0.253 e. The van der Waals surface area contributed by atoms with Crippen LogP contribution in [0.4, 0.5) is 8.78 Å². The Hall–Kier alpha value is -3.74. The molecule has 0 aliphatic heterocycles. The van der Waals surface area contributed by atoms with E-state index in [1.165, 1.54) is 18.2 Å². The molecule has 0 bridgehead atoms. The summed E-state index contributed by atoms with van der Waals surface area (Å²) in [5.74, 6) is -0.438. The van der Waals surface area contributed by atoms with E-state index in [0.29, 0.717) is 28.3 Å². The molecule has 1 amide bonds. The quantitative estimate of drug-likeness (QED) is 0.512. The van der Waals surface area contributed by atoms with Gasteiger partial charge in [0.1, 0.15) is 23.5 Å². The van der Waals surface area contributed by atoms with E-state index < -0.39 is 6.04 Å². The van der Waals surface area contributed by atoms with E-state index in [4.69, 9.17) is 0 Å². The molecule has 0 saturated carbocycles. The van der Waals surface area contributed by atoms with E-state index >= 15 is 0 Å². The Morgan fingerprint density at radius 1 is 1.06 bits per heavy atom. The number of carbonyl (C=O) groups excluding carboxylic acids is 1. The molecular weight excluding hydrogens is 398 g/mol. The first-order chi connectivity index (χ1) is 14.9. The van der Waals surface area contributed by atoms with Crippen molar-refractivity contribution in [1.82, 2.24) is 19.4 Å². The number of para-hydroxylation sites is 1. The molecule has 5 nitrogen and oxygen atoms in total. The number of hydrogen-bond acceptors (Lipinski definition) is 2. The van der Waals surface area contributed by atoms with Crippen LogP contribution in [-0.4, -0.2) is 20.0 Å². The van der Waals surface area contributed by atoms with Gasteiger partial charge in [-0.25, -0.2) is 13.8 Å². The Morgan fingerprint density at radius 2 is 1.77 bits per heavy atom. The number of rotatable bonds is 5. The number of nitrogens with one attached hydrogen (secondary N) is 1. The predicted octanol–water partition coefficient (Wildman–Crippen LogP) is 4.63. The SMILES string of the molecule is Cc1cc(C(=O)NC(c2ccc(F)cc2)c2nccn2C)c(C)n1-c1ccccc1F. The van der Waals surface area contributed by atoms with E-state index in [1.54, 1.807) is 64.8 Å². The van der Waals surface area contributed by atoms with Gasteiger partial charge in [-0.15, -0.1) is 0 Å². The van der Waals surface area contributed by atoms with Gasteiger partial charge in [-0.1, -0.05) is 24.3 Å². The third-order valence-electron chi connectivity index (χ3n) is 5.36. The number of carbonyl (C=O) groups is 1. The average Bonchev–Trinajstić information content (AvgIpc) is 3.30. The van der Waals surface area contributed by atoms with Crippen molar-refractivity contribution in [3.63, 3.8) is 0 Å². The van der Waals surface area contributed by atoms with Crippen LogP contribution in [0.25, 0.3) is 5.69 Å². The summed E-state index contributed by atoms with van der Waals surface area (Å²) in [7, 11) is 1.83. The molecule has 4 rings (SSSR count). The van der Waals surface area contributed by atoms with Gasteiger partial charge in [-0.3, -0.25) is 4.79 Å². The molecule has 0 spiro atoms. The van der Waals surface area contributed by atoms with Crippen molar-refractivity contribution in [2.45, 2.75) is 19.9 Å². The first-order valence-electron chi connectivity index (χ1n) is 9.84. The topological polar surface area (TPSA) is 51.9 Å². The first-order valence-corrected chi connectivity index (χ1v) is 9.84. The Labute approximate surface area is 179 Å². The third kappa shape index (κ3) is 3.86. The van der Waals surface area contributed by atoms with Crippen LogP contribution >= 0.6 is 0 Å². The second kappa shape index (κ2) is 8.18. The van der Waals surface area contributed by atoms with Crippen LogP contribution in [0, 0.1) is 25.5 Å². The Balaban J connectivity index is 1.72. The fraction of sp³-hybridized carbons (Fsp3) is 0.167. The fourth-order valence-electron chi connectivity index (χ4n) is 3.81. The highest BCUT2D eigenvalue weighted by Crippen LogP contribution is 2.25. The summed E-state index contributed by atoms with van der Waals surface area (Å²) in [4.78, 5) is 17.6. The predicted molar refractivity (Wildman–Crippen MR) is 114 cm³/mol. The van der Waals surface area contributed by atoms with Crippen LogP contribution in [0.5, 0.6) is 0 Å². The normalized spacial score (nSPS) is 12.0. The number of hydrogen-bond donors (Lipinski definition) is 1. The first kappa shape index (κ1) is 20.5. The van der Waals surface area contributed by atoms with Crippen molar-refractivity contribution in [1.29, 1.82) is 0 Å². The molecular formula is C24H22F2N4O. The van der Waals surface area contributed by atoms with Gasteiger partial charge in [0, 0.05) is 30.8 Å². The molecule has 1 unspecified atom stereocenters. The van der Waals surface area contributed by atoms with Crippen LogP contribution in [0.2, 0.25) is 0 Å². The van der Waals surface area contributed by atoms with Gasteiger partial charge in [-0.2, -0.15) is 0 Å². The standard InChI is InChI=1S/C24H22F2N4O/c1-15-14-19(16(2)30(15)21-7-5-4-6-20(21)26)24(31)28-22(23-27-12-13-29(23)3)17-8-10-18(25)11-9-17/h4-14,22H,1-3H3,(H,28,31). The summed E-state index contributed by atoms with van der Waals surface area (Å²) < 4.78 is 31.4. The summed E-state index contributed by atoms with van der Waals surface area (Å²) >= 11 is 0. The van der Waals surface area contributed by atoms with Crippen LogP contribution in [0.15, 0.2) is 67.0 Å². The second-order valence-electron chi connectivity index (χ2n) is 7.43. The minimum atomic E-state index is -0.579. The summed E-state index contributed by atoms with van der Waals surface area (Å²) in [6, 6.07) is 13.5. The third-order valence-corrected chi connectivity index (χ3v) is 5.36. The van der Waals surface area contributed by atoms with E-state index in [0.717, 1.165) is 5.69 Å². The highest BCUT2D eigenvalue weighted by molar-refractivity contribution is 5.96. The zero-order valence-corrected chi connectivity index (χ0v) is 17.4. The average molecular weight is 420 g/mol. The fourth-order valence-corrected chi connectivity index (χ4v) is 3.81. The second-order valence-corrected chi connectivity index (χ2v) is 7.43. The van der Waals surface area contributed by atoms with E-state index in [-0.39, 0.29) is 17.5 Å². The molecule has 0 fully saturated rings. The number of halogens is 2. The zero-order valence-electron chi connectivity index (χ0n) is 17.4. The van der Waals surface area contributed by atoms with Crippen LogP contribution in [0.1, 0.15) is 39.2 Å². The number of amides is 1. The molecule has 0 radical (unpaired) electrons. The number of aromatic nitrogens is 3. The van der Waals surface area contributed by atoms with Crippen molar-refractivity contribution in [3.05, 3.63) is 107 Å². The molecule has 7 heteroatoms. The molecule has 31 heavy (non-hydrogen) atoms. The molecule has 1 N–H and O–H groups in total. The molecule has 2 aromatic heterocycles. The maximum Gasteiger partial charge on any atom is 0.253 e. The van der Waals surface area contributed by atoms with Gasteiger partial charge in [0.05, 0.1) is 11.3 Å². The minimum Gasteiger partial charge on any atom is -0.338 e. The highest BCUT2D eigenvalue weighted by atomic mass is 19.1. The van der Waals surface area contributed by atoms with Gasteiger partial charge in [0.15, 0.2) is 0 Å². The molecule has 1 atom stereocenters. The van der Waals surface area contributed by atoms with Crippen molar-refractivity contribution in [2.24, 2.45) is 7.05 Å². The molecule has 2 aromatic carbocycles. The molecule has 158 valence electrons. The largest absolute Gasteiger partial charge is 0.338 e. The molecule has 0 aliphatic carbocycles. The van der Waals surface area contributed by atoms with Crippen molar-refractivity contribution in [3.8, 4) is 5.69 Å². The molecule has 2 heterocycles. The Kier molecular flexibility index (Phi) is 5.42. The monoisotopic (exact) mass is 420 g/mol. The summed E-state index contributed by atoms with van der Waals surface area (Å²) in [5, 5.41) is 3.01. The maximum absolute atomic E-state index is 14.4. The van der Waals surface area contributed by atoms with Gasteiger partial charge in [0.25, 0.3) is 5.91 Å². The minimum absolute atomic E-state index is 0.326. The molecule has 4 aromatic rings. The zero-order chi connectivity index (χ0) is 22.1. The lowest BCUT2D eigenvalue weighted by molar-refractivity contribution is 0.0940. The lowest BCUT2D eigenvalue weighted by atomic mass is 10.1. The summed E-state index contributed by atoms with van der Waals surface area (Å²) in [6.45, 7) is 3.61. The van der Waals surface area contributed by atoms with E-state index in [2.05, 4.69) is 10.3 Å². The number of imidazole rings is 1. The van der Waals surface area contributed by atoms with Gasteiger partial charge in [-0.05, 0) is 49.7 Å². The maximum atomic E-state index is 14.4. The lowest BCUT2D eigenvalue weighted by Crippen LogP contribution is -2.31. The van der Waals surface area contributed by atoms with Crippen molar-refractivity contribution < 1.29 is 13.6 Å². The highest BCUT2D eigenvalue weighted by Gasteiger charge is 2.24. The molecule has 0 saturated heterocycles. The Bertz CT molecular complexity index is 1240. The van der Waals surface area contributed by atoms with Gasteiger partial charge >= 0.3 is 0 Å². The van der Waals surface area contributed by atoms with Crippen LogP contribution in [-0.2, 0) is 7.05 Å². The summed E-state index contributed by atoms with van der Waals surface area (Å²) in [5.41, 5.74) is 2.88. The van der Waals surface area contributed by atoms with Crippen molar-refractivity contribution >= 4 is 5.91 Å². The van der Waals surface area contributed by atoms with Crippen LogP contribution in [0.3, 0.4) is 0 Å². The number of nitrogens with zero attached hydrogens (tertiary/aromatic N) is 3. The Morgan fingerprint density at radius 3 is 2.42 bits per heavy atom. The van der Waals surface area contributed by atoms with Crippen LogP contribution < -0.4 is 5.32 Å². The van der Waals surface area contributed by atoms with Gasteiger partial charge in [0.2, 0.25) is 0 Å². The van der Waals surface area contributed by atoms with E-state index in [9.17, 15) is 13.6 Å².